The molecule has 0 heterocycles. The maximum atomic E-state index is 10.9. The Kier molecular flexibility index (Phi) is 12.5. The van der Waals surface area contributed by atoms with Gasteiger partial charge in [0.15, 0.2) is 12.2 Å². The summed E-state index contributed by atoms with van der Waals surface area (Å²) in [7, 11) is 0. The molecule has 0 aromatic rings. The number of carbonyl (C=O) groups is 2. The minimum absolute atomic E-state index is 0.131. The molecule has 0 aromatic carbocycles. The first kappa shape index (κ1) is 23.9. The molecule has 0 aliphatic carbocycles. The molecular formula is C19H36O6. The molecule has 0 saturated heterocycles. The first-order chi connectivity index (χ1) is 11.6. The average molecular weight is 360 g/mol. The van der Waals surface area contributed by atoms with Crippen molar-refractivity contribution in [3.63, 3.8) is 0 Å². The van der Waals surface area contributed by atoms with Crippen molar-refractivity contribution >= 4 is 11.9 Å². The third-order valence-electron chi connectivity index (χ3n) is 4.56. The SMILES string of the molecule is CC(C)CCCC(C)CCCC(C)CCOC(C(=O)O)C(O)C(=O)O. The van der Waals surface area contributed by atoms with Gasteiger partial charge in [-0.05, 0) is 24.2 Å². The lowest BCUT2D eigenvalue weighted by Crippen LogP contribution is -2.42. The fraction of sp³-hybridized carbons (Fsp3) is 0.895. The van der Waals surface area contributed by atoms with Crippen molar-refractivity contribution in [2.24, 2.45) is 17.8 Å². The van der Waals surface area contributed by atoms with Gasteiger partial charge >= 0.3 is 11.9 Å². The number of carboxylic acid groups (broad SMARTS) is 2. The van der Waals surface area contributed by atoms with E-state index in [-0.39, 0.29) is 6.61 Å². The van der Waals surface area contributed by atoms with Crippen LogP contribution in [0.1, 0.15) is 72.6 Å². The lowest BCUT2D eigenvalue weighted by molar-refractivity contribution is -0.171. The Morgan fingerprint density at radius 2 is 1.28 bits per heavy atom. The Bertz CT molecular complexity index is 382. The van der Waals surface area contributed by atoms with Gasteiger partial charge in [0.2, 0.25) is 0 Å². The Hall–Kier alpha value is -1.14. The third kappa shape index (κ3) is 11.9. The van der Waals surface area contributed by atoms with E-state index >= 15 is 0 Å². The zero-order chi connectivity index (χ0) is 19.4. The zero-order valence-corrected chi connectivity index (χ0v) is 16.1. The molecule has 0 bridgehead atoms. The fourth-order valence-corrected chi connectivity index (χ4v) is 2.80. The molecule has 0 rings (SSSR count). The number of hydrogen-bond acceptors (Lipinski definition) is 4. The number of rotatable bonds is 15. The molecule has 0 radical (unpaired) electrons. The second kappa shape index (κ2) is 13.1. The number of carboxylic acids is 2. The van der Waals surface area contributed by atoms with Crippen LogP contribution in [-0.4, -0.2) is 46.1 Å². The second-order valence-electron chi connectivity index (χ2n) is 7.67. The molecule has 0 fully saturated rings. The van der Waals surface area contributed by atoms with Crippen molar-refractivity contribution in [1.82, 2.24) is 0 Å². The molecule has 25 heavy (non-hydrogen) atoms. The highest BCUT2D eigenvalue weighted by Gasteiger charge is 2.32. The van der Waals surface area contributed by atoms with Gasteiger partial charge in [-0.25, -0.2) is 9.59 Å². The molecule has 4 atom stereocenters. The molecule has 4 unspecified atom stereocenters. The van der Waals surface area contributed by atoms with E-state index in [0.717, 1.165) is 24.7 Å². The first-order valence-corrected chi connectivity index (χ1v) is 9.40. The van der Waals surface area contributed by atoms with Gasteiger partial charge in [0.25, 0.3) is 0 Å². The predicted molar refractivity (Wildman–Crippen MR) is 96.5 cm³/mol. The first-order valence-electron chi connectivity index (χ1n) is 9.40. The van der Waals surface area contributed by atoms with Gasteiger partial charge in [0, 0.05) is 6.61 Å². The van der Waals surface area contributed by atoms with Gasteiger partial charge in [-0.2, -0.15) is 0 Å². The summed E-state index contributed by atoms with van der Waals surface area (Å²) in [4.78, 5) is 21.6. The third-order valence-corrected chi connectivity index (χ3v) is 4.56. The van der Waals surface area contributed by atoms with Crippen LogP contribution < -0.4 is 0 Å². The lowest BCUT2D eigenvalue weighted by atomic mass is 9.93. The number of aliphatic carboxylic acids is 2. The highest BCUT2D eigenvalue weighted by molar-refractivity contribution is 5.83. The van der Waals surface area contributed by atoms with E-state index in [1.54, 1.807) is 0 Å². The molecule has 6 heteroatoms. The van der Waals surface area contributed by atoms with E-state index in [0.29, 0.717) is 12.3 Å². The van der Waals surface area contributed by atoms with Gasteiger partial charge in [-0.1, -0.05) is 66.2 Å². The predicted octanol–water partition coefficient (Wildman–Crippen LogP) is 3.56. The van der Waals surface area contributed by atoms with Crippen molar-refractivity contribution in [1.29, 1.82) is 0 Å². The average Bonchev–Trinajstić information content (AvgIpc) is 2.50. The minimum atomic E-state index is -2.04. The smallest absolute Gasteiger partial charge is 0.336 e. The second-order valence-corrected chi connectivity index (χ2v) is 7.67. The molecule has 3 N–H and O–H groups in total. The molecule has 0 aliphatic heterocycles. The van der Waals surface area contributed by atoms with Gasteiger partial charge in [0.05, 0.1) is 0 Å². The summed E-state index contributed by atoms with van der Waals surface area (Å²) in [5.41, 5.74) is 0. The molecule has 0 spiro atoms. The van der Waals surface area contributed by atoms with Gasteiger partial charge < -0.3 is 20.1 Å². The Morgan fingerprint density at radius 3 is 1.72 bits per heavy atom. The molecule has 0 amide bonds. The minimum Gasteiger partial charge on any atom is -0.479 e. The van der Waals surface area contributed by atoms with Crippen molar-refractivity contribution < 1.29 is 29.6 Å². The van der Waals surface area contributed by atoms with Crippen molar-refractivity contribution in [3.05, 3.63) is 0 Å². The molecular weight excluding hydrogens is 324 g/mol. The standard InChI is InChI=1S/C19H36O6/c1-13(2)7-5-8-14(3)9-6-10-15(4)11-12-25-17(19(23)24)16(20)18(21)22/h13-17,20H,5-12H2,1-4H3,(H,21,22)(H,23,24). The van der Waals surface area contributed by atoms with E-state index < -0.39 is 24.1 Å². The van der Waals surface area contributed by atoms with E-state index in [9.17, 15) is 14.7 Å². The summed E-state index contributed by atoms with van der Waals surface area (Å²) in [5, 5.41) is 26.9. The largest absolute Gasteiger partial charge is 0.479 e. The molecule has 0 aromatic heterocycles. The van der Waals surface area contributed by atoms with E-state index in [1.807, 2.05) is 0 Å². The Labute approximate surface area is 151 Å². The number of ether oxygens (including phenoxy) is 1. The summed E-state index contributed by atoms with van der Waals surface area (Å²) in [6.45, 7) is 9.00. The highest BCUT2D eigenvalue weighted by atomic mass is 16.5. The van der Waals surface area contributed by atoms with E-state index in [4.69, 9.17) is 14.9 Å². The number of aliphatic hydroxyl groups is 1. The van der Waals surface area contributed by atoms with Crippen LogP contribution in [0.4, 0.5) is 0 Å². The van der Waals surface area contributed by atoms with Crippen LogP contribution in [-0.2, 0) is 14.3 Å². The number of aliphatic hydroxyl groups excluding tert-OH is 1. The van der Waals surface area contributed by atoms with Crippen LogP contribution >= 0.6 is 0 Å². The maximum Gasteiger partial charge on any atom is 0.336 e. The number of hydrogen-bond donors (Lipinski definition) is 3. The van der Waals surface area contributed by atoms with Crippen LogP contribution in [0.5, 0.6) is 0 Å². The van der Waals surface area contributed by atoms with Crippen LogP contribution in [0.25, 0.3) is 0 Å². The van der Waals surface area contributed by atoms with Gasteiger partial charge in [-0.3, -0.25) is 0 Å². The fourth-order valence-electron chi connectivity index (χ4n) is 2.80. The zero-order valence-electron chi connectivity index (χ0n) is 16.1. The summed E-state index contributed by atoms with van der Waals surface area (Å²) in [6, 6.07) is 0. The van der Waals surface area contributed by atoms with Crippen molar-refractivity contribution in [3.8, 4) is 0 Å². The summed E-state index contributed by atoms with van der Waals surface area (Å²) in [6.07, 6.45) is 4.08. The van der Waals surface area contributed by atoms with Crippen LogP contribution in [0.2, 0.25) is 0 Å². The van der Waals surface area contributed by atoms with Crippen molar-refractivity contribution in [2.45, 2.75) is 84.8 Å². The monoisotopic (exact) mass is 360 g/mol. The van der Waals surface area contributed by atoms with Gasteiger partial charge in [-0.15, -0.1) is 0 Å². The topological polar surface area (TPSA) is 104 Å². The summed E-state index contributed by atoms with van der Waals surface area (Å²) >= 11 is 0. The molecule has 6 nitrogen and oxygen atoms in total. The van der Waals surface area contributed by atoms with Crippen LogP contribution in [0.3, 0.4) is 0 Å². The highest BCUT2D eigenvalue weighted by Crippen LogP contribution is 2.20. The normalized spacial score (nSPS) is 16.4. The summed E-state index contributed by atoms with van der Waals surface area (Å²) < 4.78 is 5.07. The molecule has 0 aliphatic rings. The quantitative estimate of drug-likeness (QED) is 0.412. The Morgan fingerprint density at radius 1 is 0.800 bits per heavy atom. The molecule has 0 saturated carbocycles. The Balaban J connectivity index is 3.90. The molecule has 148 valence electrons. The van der Waals surface area contributed by atoms with E-state index in [1.165, 1.54) is 25.7 Å². The van der Waals surface area contributed by atoms with Gasteiger partial charge in [0.1, 0.15) is 0 Å². The summed E-state index contributed by atoms with van der Waals surface area (Å²) in [5.74, 6) is -1.19. The van der Waals surface area contributed by atoms with E-state index in [2.05, 4.69) is 27.7 Å². The van der Waals surface area contributed by atoms with Crippen LogP contribution in [0.15, 0.2) is 0 Å². The maximum absolute atomic E-state index is 10.9. The van der Waals surface area contributed by atoms with Crippen LogP contribution in [0, 0.1) is 17.8 Å². The lowest BCUT2D eigenvalue weighted by Gasteiger charge is -2.18. The van der Waals surface area contributed by atoms with Crippen molar-refractivity contribution in [2.75, 3.05) is 6.61 Å².